The molecular weight excluding hydrogens is 276 g/mol. The van der Waals surface area contributed by atoms with E-state index in [1.807, 2.05) is 6.92 Å². The molecule has 0 amide bonds. The molecule has 0 spiro atoms. The summed E-state index contributed by atoms with van der Waals surface area (Å²) < 4.78 is 5.74. The Hall–Kier alpha value is -0.620. The van der Waals surface area contributed by atoms with Crippen LogP contribution >= 0.6 is 12.4 Å². The van der Waals surface area contributed by atoms with Gasteiger partial charge >= 0.3 is 0 Å². The van der Waals surface area contributed by atoms with Gasteiger partial charge in [0.15, 0.2) is 0 Å². The first-order valence-corrected chi connectivity index (χ1v) is 7.15. The number of nitrogens with zero attached hydrogens (tertiary/aromatic N) is 2. The third-order valence-electron chi connectivity index (χ3n) is 3.68. The number of ether oxygens (including phenoxy) is 1. The highest BCUT2D eigenvalue weighted by Gasteiger charge is 2.21. The number of aromatic nitrogens is 2. The number of hydrogen-bond donors (Lipinski definition) is 2. The molecule has 2 rings (SSSR count). The molecular formula is C14H27ClN4O. The molecule has 1 aromatic heterocycles. The van der Waals surface area contributed by atoms with Gasteiger partial charge in [-0.15, -0.1) is 12.4 Å². The van der Waals surface area contributed by atoms with Gasteiger partial charge < -0.3 is 10.1 Å². The summed E-state index contributed by atoms with van der Waals surface area (Å²) >= 11 is 0. The standard InChI is InChI=1S/C14H26N4O.ClH/c1-10-8-18(9-11(2)19-10)6-5-15-7-14-12(3)16-17-13(14)4;/h10-11,15H,5-9H2,1-4H3,(H,16,17);1H. The molecule has 116 valence electrons. The second-order valence-electron chi connectivity index (χ2n) is 5.61. The summed E-state index contributed by atoms with van der Waals surface area (Å²) in [5.74, 6) is 0. The first-order chi connectivity index (χ1) is 9.06. The second kappa shape index (κ2) is 7.98. The Morgan fingerprint density at radius 3 is 2.50 bits per heavy atom. The Morgan fingerprint density at radius 2 is 1.95 bits per heavy atom. The van der Waals surface area contributed by atoms with Crippen LogP contribution in [-0.4, -0.2) is 53.5 Å². The van der Waals surface area contributed by atoms with Gasteiger partial charge in [0.05, 0.1) is 17.9 Å². The van der Waals surface area contributed by atoms with Crippen LogP contribution < -0.4 is 5.32 Å². The van der Waals surface area contributed by atoms with E-state index in [0.717, 1.165) is 38.4 Å². The van der Waals surface area contributed by atoms with Crippen LogP contribution in [0.4, 0.5) is 0 Å². The van der Waals surface area contributed by atoms with Gasteiger partial charge in [-0.25, -0.2) is 0 Å². The molecule has 20 heavy (non-hydrogen) atoms. The number of nitrogens with one attached hydrogen (secondary N) is 2. The lowest BCUT2D eigenvalue weighted by molar-refractivity contribution is -0.0674. The summed E-state index contributed by atoms with van der Waals surface area (Å²) in [6.07, 6.45) is 0.698. The summed E-state index contributed by atoms with van der Waals surface area (Å²) in [7, 11) is 0. The van der Waals surface area contributed by atoms with Gasteiger partial charge in [0, 0.05) is 44.0 Å². The zero-order chi connectivity index (χ0) is 13.8. The molecule has 5 nitrogen and oxygen atoms in total. The average molecular weight is 303 g/mol. The van der Waals surface area contributed by atoms with E-state index in [2.05, 4.69) is 41.2 Å². The van der Waals surface area contributed by atoms with Gasteiger partial charge in [-0.1, -0.05) is 0 Å². The summed E-state index contributed by atoms with van der Waals surface area (Å²) in [6.45, 7) is 13.5. The largest absolute Gasteiger partial charge is 0.373 e. The Labute approximate surface area is 127 Å². The maximum atomic E-state index is 5.74. The molecule has 0 saturated carbocycles. The first-order valence-electron chi connectivity index (χ1n) is 7.15. The SMILES string of the molecule is Cc1n[nH]c(C)c1CNCCN1CC(C)OC(C)C1.Cl. The van der Waals surface area contributed by atoms with Crippen LogP contribution in [0.1, 0.15) is 30.8 Å². The monoisotopic (exact) mass is 302 g/mol. The molecule has 1 aromatic rings. The molecule has 6 heteroatoms. The van der Waals surface area contributed by atoms with Gasteiger partial charge in [-0.05, 0) is 27.7 Å². The number of H-pyrrole nitrogens is 1. The quantitative estimate of drug-likeness (QED) is 0.812. The van der Waals surface area contributed by atoms with E-state index in [4.69, 9.17) is 4.74 Å². The van der Waals surface area contributed by atoms with Gasteiger partial charge in [-0.2, -0.15) is 5.10 Å². The topological polar surface area (TPSA) is 53.2 Å². The van der Waals surface area contributed by atoms with Crippen molar-refractivity contribution in [1.82, 2.24) is 20.4 Å². The van der Waals surface area contributed by atoms with Crippen molar-refractivity contribution in [3.05, 3.63) is 17.0 Å². The maximum Gasteiger partial charge on any atom is 0.0678 e. The summed E-state index contributed by atoms with van der Waals surface area (Å²) in [5, 5.41) is 10.7. The van der Waals surface area contributed by atoms with E-state index in [-0.39, 0.29) is 12.4 Å². The van der Waals surface area contributed by atoms with Crippen molar-refractivity contribution in [3.63, 3.8) is 0 Å². The van der Waals surface area contributed by atoms with Crippen LogP contribution in [0.2, 0.25) is 0 Å². The van der Waals surface area contributed by atoms with E-state index in [1.165, 1.54) is 11.3 Å². The van der Waals surface area contributed by atoms with Crippen LogP contribution in [-0.2, 0) is 11.3 Å². The van der Waals surface area contributed by atoms with Crippen molar-refractivity contribution < 1.29 is 4.74 Å². The minimum absolute atomic E-state index is 0. The molecule has 2 heterocycles. The van der Waals surface area contributed by atoms with Gasteiger partial charge in [0.25, 0.3) is 0 Å². The predicted molar refractivity (Wildman–Crippen MR) is 83.5 cm³/mol. The molecule has 1 aliphatic heterocycles. The molecule has 2 atom stereocenters. The van der Waals surface area contributed by atoms with E-state index in [1.54, 1.807) is 0 Å². The molecule has 0 bridgehead atoms. The fraction of sp³-hybridized carbons (Fsp3) is 0.786. The third kappa shape index (κ3) is 4.74. The highest BCUT2D eigenvalue weighted by Crippen LogP contribution is 2.10. The van der Waals surface area contributed by atoms with Crippen molar-refractivity contribution in [1.29, 1.82) is 0 Å². The fourth-order valence-corrected chi connectivity index (χ4v) is 2.75. The van der Waals surface area contributed by atoms with Crippen molar-refractivity contribution in [2.24, 2.45) is 0 Å². The molecule has 1 saturated heterocycles. The predicted octanol–water partition coefficient (Wildman–Crippen LogP) is 1.65. The number of aryl methyl sites for hydroxylation is 2. The molecule has 0 aromatic carbocycles. The Morgan fingerprint density at radius 1 is 1.30 bits per heavy atom. The summed E-state index contributed by atoms with van der Waals surface area (Å²) in [4.78, 5) is 2.47. The normalized spacial score (nSPS) is 23.6. The van der Waals surface area contributed by atoms with Crippen molar-refractivity contribution in [2.75, 3.05) is 26.2 Å². The van der Waals surface area contributed by atoms with E-state index >= 15 is 0 Å². The average Bonchev–Trinajstić information content (AvgIpc) is 2.64. The van der Waals surface area contributed by atoms with Crippen LogP contribution in [0.3, 0.4) is 0 Å². The zero-order valence-corrected chi connectivity index (χ0v) is 13.7. The summed E-state index contributed by atoms with van der Waals surface area (Å²) in [6, 6.07) is 0. The molecule has 2 N–H and O–H groups in total. The fourth-order valence-electron chi connectivity index (χ4n) is 2.75. The minimum Gasteiger partial charge on any atom is -0.373 e. The smallest absolute Gasteiger partial charge is 0.0678 e. The van der Waals surface area contributed by atoms with Crippen molar-refractivity contribution in [3.8, 4) is 0 Å². The minimum atomic E-state index is 0. The van der Waals surface area contributed by atoms with Crippen molar-refractivity contribution >= 4 is 12.4 Å². The van der Waals surface area contributed by atoms with Crippen LogP contribution in [0, 0.1) is 13.8 Å². The Bertz CT molecular complexity index is 380. The van der Waals surface area contributed by atoms with Gasteiger partial charge in [0.1, 0.15) is 0 Å². The molecule has 0 aliphatic carbocycles. The van der Waals surface area contributed by atoms with Gasteiger partial charge in [-0.3, -0.25) is 10.00 Å². The Kier molecular flexibility index (Phi) is 6.95. The van der Waals surface area contributed by atoms with E-state index < -0.39 is 0 Å². The Balaban J connectivity index is 0.00000200. The van der Waals surface area contributed by atoms with E-state index in [0.29, 0.717) is 12.2 Å². The highest BCUT2D eigenvalue weighted by molar-refractivity contribution is 5.85. The van der Waals surface area contributed by atoms with Crippen LogP contribution in [0.5, 0.6) is 0 Å². The van der Waals surface area contributed by atoms with E-state index in [9.17, 15) is 0 Å². The molecule has 1 aliphatic rings. The molecule has 1 fully saturated rings. The second-order valence-corrected chi connectivity index (χ2v) is 5.61. The molecule has 0 radical (unpaired) electrons. The first kappa shape index (κ1) is 17.4. The number of aromatic amines is 1. The van der Waals surface area contributed by atoms with Crippen LogP contribution in [0.15, 0.2) is 0 Å². The lowest BCUT2D eigenvalue weighted by Crippen LogP contribution is -2.47. The van der Waals surface area contributed by atoms with Gasteiger partial charge in [0.2, 0.25) is 0 Å². The third-order valence-corrected chi connectivity index (χ3v) is 3.68. The summed E-state index contributed by atoms with van der Waals surface area (Å²) in [5.41, 5.74) is 3.56. The lowest BCUT2D eigenvalue weighted by Gasteiger charge is -2.35. The number of hydrogen-bond acceptors (Lipinski definition) is 4. The number of morpholine rings is 1. The lowest BCUT2D eigenvalue weighted by atomic mass is 10.2. The number of halogens is 1. The van der Waals surface area contributed by atoms with Crippen LogP contribution in [0.25, 0.3) is 0 Å². The van der Waals surface area contributed by atoms with Crippen molar-refractivity contribution in [2.45, 2.75) is 46.4 Å². The highest BCUT2D eigenvalue weighted by atomic mass is 35.5. The zero-order valence-electron chi connectivity index (χ0n) is 12.9. The number of rotatable bonds is 5. The molecule has 2 unspecified atom stereocenters. The maximum absolute atomic E-state index is 5.74.